The molecule has 66 valence electrons. The Morgan fingerprint density at radius 3 is 2.75 bits per heavy atom. The average molecular weight is 166 g/mol. The minimum atomic E-state index is 0.738. The second kappa shape index (κ2) is 2.86. The van der Waals surface area contributed by atoms with Gasteiger partial charge in [0.25, 0.3) is 0 Å². The van der Waals surface area contributed by atoms with Gasteiger partial charge in [-0.05, 0) is 19.8 Å². The molecule has 1 aromatic rings. The van der Waals surface area contributed by atoms with Gasteiger partial charge in [-0.2, -0.15) is 0 Å². The molecule has 4 heteroatoms. The summed E-state index contributed by atoms with van der Waals surface area (Å²) in [6.45, 7) is 2.82. The Balaban J connectivity index is 1.96. The monoisotopic (exact) mass is 166 g/mol. The van der Waals surface area contributed by atoms with Crippen molar-refractivity contribution in [2.75, 3.05) is 0 Å². The van der Waals surface area contributed by atoms with Crippen LogP contribution in [0.2, 0.25) is 0 Å². The molecule has 1 N–H and O–H groups in total. The van der Waals surface area contributed by atoms with Crippen LogP contribution in [0.15, 0.2) is 0 Å². The third kappa shape index (κ3) is 1.48. The molecule has 0 radical (unpaired) electrons. The van der Waals surface area contributed by atoms with Crippen molar-refractivity contribution in [2.45, 2.75) is 32.4 Å². The zero-order chi connectivity index (χ0) is 8.55. The maximum absolute atomic E-state index is 4.07. The van der Waals surface area contributed by atoms with Crippen LogP contribution in [0.3, 0.4) is 0 Å². The van der Waals surface area contributed by atoms with E-state index in [1.54, 1.807) is 0 Å². The van der Waals surface area contributed by atoms with E-state index >= 15 is 0 Å². The van der Waals surface area contributed by atoms with Crippen molar-refractivity contribution in [1.82, 2.24) is 20.1 Å². The Kier molecular flexibility index (Phi) is 1.84. The van der Waals surface area contributed by atoms with Crippen LogP contribution >= 0.6 is 0 Å². The molecule has 1 aliphatic carbocycles. The zero-order valence-corrected chi connectivity index (χ0v) is 7.54. The normalized spacial score (nSPS) is 16.8. The molecule has 1 heterocycles. The van der Waals surface area contributed by atoms with Crippen molar-refractivity contribution in [3.05, 3.63) is 11.6 Å². The Hall–Kier alpha value is -0.900. The molecule has 0 aliphatic heterocycles. The average Bonchev–Trinajstić information content (AvgIpc) is 2.82. The van der Waals surface area contributed by atoms with Gasteiger partial charge < -0.3 is 9.88 Å². The Morgan fingerprint density at radius 1 is 1.50 bits per heavy atom. The standard InChI is InChI=1S/C8H14N4/c1-6-10-11-8(12(6)2)5-9-7-3-4-7/h7,9H,3-5H2,1-2H3. The van der Waals surface area contributed by atoms with Crippen molar-refractivity contribution in [2.24, 2.45) is 7.05 Å². The van der Waals surface area contributed by atoms with E-state index in [4.69, 9.17) is 0 Å². The summed E-state index contributed by atoms with van der Waals surface area (Å²) in [5, 5.41) is 11.5. The van der Waals surface area contributed by atoms with Crippen molar-refractivity contribution < 1.29 is 0 Å². The second-order valence-corrected chi connectivity index (χ2v) is 3.38. The molecule has 0 unspecified atom stereocenters. The zero-order valence-electron chi connectivity index (χ0n) is 7.54. The second-order valence-electron chi connectivity index (χ2n) is 3.38. The van der Waals surface area contributed by atoms with Crippen LogP contribution in [0.1, 0.15) is 24.5 Å². The van der Waals surface area contributed by atoms with Gasteiger partial charge in [0.1, 0.15) is 11.6 Å². The molecule has 0 bridgehead atoms. The van der Waals surface area contributed by atoms with Crippen LogP contribution < -0.4 is 5.32 Å². The fraction of sp³-hybridized carbons (Fsp3) is 0.750. The van der Waals surface area contributed by atoms with E-state index < -0.39 is 0 Å². The Labute approximate surface area is 72.0 Å². The van der Waals surface area contributed by atoms with Gasteiger partial charge >= 0.3 is 0 Å². The van der Waals surface area contributed by atoms with Crippen molar-refractivity contribution in [3.63, 3.8) is 0 Å². The fourth-order valence-electron chi connectivity index (χ4n) is 1.13. The molecule has 0 amide bonds. The molecule has 1 saturated carbocycles. The van der Waals surface area contributed by atoms with Crippen molar-refractivity contribution >= 4 is 0 Å². The highest BCUT2D eigenvalue weighted by Gasteiger charge is 2.20. The molecule has 0 aromatic carbocycles. The fourth-order valence-corrected chi connectivity index (χ4v) is 1.13. The number of aromatic nitrogens is 3. The number of hydrogen-bond donors (Lipinski definition) is 1. The summed E-state index contributed by atoms with van der Waals surface area (Å²) in [6, 6.07) is 0.738. The first-order valence-electron chi connectivity index (χ1n) is 4.35. The summed E-state index contributed by atoms with van der Waals surface area (Å²) in [7, 11) is 2.00. The molecule has 0 spiro atoms. The SMILES string of the molecule is Cc1nnc(CNC2CC2)n1C. The van der Waals surface area contributed by atoms with Crippen LogP contribution in [0.5, 0.6) is 0 Å². The lowest BCUT2D eigenvalue weighted by Crippen LogP contribution is -2.18. The van der Waals surface area contributed by atoms with Crippen LogP contribution in [-0.2, 0) is 13.6 Å². The van der Waals surface area contributed by atoms with E-state index in [9.17, 15) is 0 Å². The van der Waals surface area contributed by atoms with E-state index in [0.29, 0.717) is 0 Å². The molecule has 1 fully saturated rings. The van der Waals surface area contributed by atoms with Gasteiger partial charge in [-0.1, -0.05) is 0 Å². The summed E-state index contributed by atoms with van der Waals surface area (Å²) < 4.78 is 2.02. The van der Waals surface area contributed by atoms with E-state index in [-0.39, 0.29) is 0 Å². The molecule has 0 saturated heterocycles. The first kappa shape index (κ1) is 7.73. The van der Waals surface area contributed by atoms with Crippen LogP contribution in [0.4, 0.5) is 0 Å². The molecule has 2 rings (SSSR count). The molecule has 0 atom stereocenters. The first-order valence-corrected chi connectivity index (χ1v) is 4.35. The summed E-state index contributed by atoms with van der Waals surface area (Å²) in [5.74, 6) is 2.00. The van der Waals surface area contributed by atoms with Crippen molar-refractivity contribution in [1.29, 1.82) is 0 Å². The van der Waals surface area contributed by atoms with Crippen LogP contribution in [-0.4, -0.2) is 20.8 Å². The number of rotatable bonds is 3. The largest absolute Gasteiger partial charge is 0.317 e. The highest BCUT2D eigenvalue weighted by molar-refractivity contribution is 4.93. The lowest BCUT2D eigenvalue weighted by atomic mass is 10.5. The lowest BCUT2D eigenvalue weighted by molar-refractivity contribution is 0.630. The molecule has 12 heavy (non-hydrogen) atoms. The van der Waals surface area contributed by atoms with E-state index in [1.165, 1.54) is 12.8 Å². The lowest BCUT2D eigenvalue weighted by Gasteiger charge is -2.01. The predicted molar refractivity (Wildman–Crippen MR) is 45.6 cm³/mol. The van der Waals surface area contributed by atoms with Crippen LogP contribution in [0.25, 0.3) is 0 Å². The van der Waals surface area contributed by atoms with Gasteiger partial charge in [0.2, 0.25) is 0 Å². The maximum atomic E-state index is 4.07. The van der Waals surface area contributed by atoms with Gasteiger partial charge in [-0.25, -0.2) is 0 Å². The molecular weight excluding hydrogens is 152 g/mol. The van der Waals surface area contributed by atoms with E-state index in [0.717, 1.165) is 24.2 Å². The molecular formula is C8H14N4. The summed E-state index contributed by atoms with van der Waals surface area (Å²) >= 11 is 0. The maximum Gasteiger partial charge on any atom is 0.146 e. The molecule has 1 aromatic heterocycles. The summed E-state index contributed by atoms with van der Waals surface area (Å²) in [4.78, 5) is 0. The Morgan fingerprint density at radius 2 is 2.25 bits per heavy atom. The topological polar surface area (TPSA) is 42.7 Å². The highest BCUT2D eigenvalue weighted by atomic mass is 15.3. The van der Waals surface area contributed by atoms with Crippen molar-refractivity contribution in [3.8, 4) is 0 Å². The minimum Gasteiger partial charge on any atom is -0.317 e. The third-order valence-corrected chi connectivity index (χ3v) is 2.31. The molecule has 4 nitrogen and oxygen atoms in total. The first-order chi connectivity index (χ1) is 5.77. The highest BCUT2D eigenvalue weighted by Crippen LogP contribution is 2.18. The van der Waals surface area contributed by atoms with Gasteiger partial charge in [0.05, 0.1) is 6.54 Å². The molecule has 1 aliphatic rings. The van der Waals surface area contributed by atoms with E-state index in [1.807, 2.05) is 18.5 Å². The van der Waals surface area contributed by atoms with Gasteiger partial charge in [0, 0.05) is 13.1 Å². The third-order valence-electron chi connectivity index (χ3n) is 2.31. The summed E-state index contributed by atoms with van der Waals surface area (Å²) in [5.41, 5.74) is 0. The predicted octanol–water partition coefficient (Wildman–Crippen LogP) is 0.376. The quantitative estimate of drug-likeness (QED) is 0.705. The smallest absolute Gasteiger partial charge is 0.146 e. The number of nitrogens with zero attached hydrogens (tertiary/aromatic N) is 3. The van der Waals surface area contributed by atoms with E-state index in [2.05, 4.69) is 15.5 Å². The van der Waals surface area contributed by atoms with Gasteiger partial charge in [0.15, 0.2) is 0 Å². The summed E-state index contributed by atoms with van der Waals surface area (Å²) in [6.07, 6.45) is 2.63. The number of aryl methyl sites for hydroxylation is 1. The van der Waals surface area contributed by atoms with Gasteiger partial charge in [-0.3, -0.25) is 0 Å². The number of nitrogens with one attached hydrogen (secondary N) is 1. The number of hydrogen-bond acceptors (Lipinski definition) is 3. The minimum absolute atomic E-state index is 0.738. The Bertz CT molecular complexity index is 275. The van der Waals surface area contributed by atoms with Crippen LogP contribution in [0, 0.1) is 6.92 Å². The van der Waals surface area contributed by atoms with Gasteiger partial charge in [-0.15, -0.1) is 10.2 Å².